The van der Waals surface area contributed by atoms with Gasteiger partial charge in [0.1, 0.15) is 0 Å². The maximum atomic E-state index is 13.9. The first kappa shape index (κ1) is 38.1. The first-order valence-corrected chi connectivity index (χ1v) is 15.0. The van der Waals surface area contributed by atoms with Crippen LogP contribution in [-0.4, -0.2) is 41.5 Å². The van der Waals surface area contributed by atoms with Crippen LogP contribution in [0.4, 0.5) is 0 Å². The summed E-state index contributed by atoms with van der Waals surface area (Å²) >= 11 is 0. The van der Waals surface area contributed by atoms with Crippen molar-refractivity contribution in [3.63, 3.8) is 0 Å². The second-order valence-electron chi connectivity index (χ2n) is 12.2. The number of aryl methyl sites for hydroxylation is 1. The van der Waals surface area contributed by atoms with E-state index in [1.807, 2.05) is 12.3 Å². The van der Waals surface area contributed by atoms with Gasteiger partial charge in [-0.15, -0.1) is 37.2 Å². The molecule has 1 aliphatic carbocycles. The Morgan fingerprint density at radius 3 is 2.33 bits per heavy atom. The number of carbonyl (C=O) groups is 1. The molecule has 8 heteroatoms. The Morgan fingerprint density at radius 1 is 0.929 bits per heavy atom. The quantitative estimate of drug-likeness (QED) is 0.199. The SMILES string of the molecule is CC(C)CN(CCC[C@H](NC1CCCc2cccnc21)C(=O)N[C@H](C)c1cccc2ccccc12)CC(C)C.Cl.Cl.Cl. The van der Waals surface area contributed by atoms with Crippen molar-refractivity contribution in [3.05, 3.63) is 77.6 Å². The largest absolute Gasteiger partial charge is 0.348 e. The minimum absolute atomic E-state index is 0. The Hall–Kier alpha value is -1.89. The number of aromatic nitrogens is 1. The molecule has 1 aliphatic rings. The third-order valence-corrected chi connectivity index (χ3v) is 7.78. The van der Waals surface area contributed by atoms with Gasteiger partial charge in [-0.2, -0.15) is 0 Å². The first-order chi connectivity index (χ1) is 18.8. The van der Waals surface area contributed by atoms with E-state index in [9.17, 15) is 4.79 Å². The fourth-order valence-electron chi connectivity index (χ4n) is 6.13. The average molecular weight is 638 g/mol. The van der Waals surface area contributed by atoms with Crippen LogP contribution >= 0.6 is 37.2 Å². The molecule has 0 spiro atoms. The molecule has 3 aromatic rings. The van der Waals surface area contributed by atoms with E-state index in [2.05, 4.69) is 98.7 Å². The summed E-state index contributed by atoms with van der Waals surface area (Å²) in [5, 5.41) is 9.53. The predicted molar refractivity (Wildman–Crippen MR) is 184 cm³/mol. The molecule has 0 fully saturated rings. The number of nitrogens with one attached hydrogen (secondary N) is 2. The number of hydrogen-bond donors (Lipinski definition) is 2. The van der Waals surface area contributed by atoms with E-state index in [1.54, 1.807) is 0 Å². The molecule has 1 unspecified atom stereocenters. The minimum Gasteiger partial charge on any atom is -0.348 e. The van der Waals surface area contributed by atoms with E-state index in [-0.39, 0.29) is 61.3 Å². The smallest absolute Gasteiger partial charge is 0.237 e. The predicted octanol–water partition coefficient (Wildman–Crippen LogP) is 8.11. The van der Waals surface area contributed by atoms with Crippen LogP contribution in [0.1, 0.15) is 89.2 Å². The summed E-state index contributed by atoms with van der Waals surface area (Å²) in [5.74, 6) is 1.34. The molecule has 3 atom stereocenters. The van der Waals surface area contributed by atoms with Crippen molar-refractivity contribution >= 4 is 53.9 Å². The fraction of sp³-hybridized carbons (Fsp3) is 0.529. The highest BCUT2D eigenvalue weighted by atomic mass is 35.5. The van der Waals surface area contributed by atoms with Gasteiger partial charge in [0.05, 0.1) is 23.8 Å². The molecule has 1 aromatic heterocycles. The summed E-state index contributed by atoms with van der Waals surface area (Å²) in [6.07, 6.45) is 6.86. The Balaban J connectivity index is 0.00000294. The Bertz CT molecular complexity index is 1210. The molecule has 0 radical (unpaired) electrons. The van der Waals surface area contributed by atoms with Crippen LogP contribution in [0.25, 0.3) is 10.8 Å². The zero-order valence-corrected chi connectivity index (χ0v) is 28.3. The molecule has 0 saturated heterocycles. The number of hydrogen-bond acceptors (Lipinski definition) is 4. The number of halogens is 3. The van der Waals surface area contributed by atoms with Crippen LogP contribution < -0.4 is 10.6 Å². The van der Waals surface area contributed by atoms with Crippen molar-refractivity contribution < 1.29 is 4.79 Å². The van der Waals surface area contributed by atoms with E-state index in [4.69, 9.17) is 4.98 Å². The van der Waals surface area contributed by atoms with E-state index in [1.165, 1.54) is 16.3 Å². The fourth-order valence-corrected chi connectivity index (χ4v) is 6.13. The van der Waals surface area contributed by atoms with E-state index < -0.39 is 0 Å². The van der Waals surface area contributed by atoms with Crippen molar-refractivity contribution in [2.45, 2.75) is 84.8 Å². The van der Waals surface area contributed by atoms with Gasteiger partial charge in [0.25, 0.3) is 0 Å². The molecule has 234 valence electrons. The molecule has 0 aliphatic heterocycles. The third-order valence-electron chi connectivity index (χ3n) is 7.78. The number of pyridine rings is 1. The van der Waals surface area contributed by atoms with Crippen molar-refractivity contribution in [2.75, 3.05) is 19.6 Å². The summed E-state index contributed by atoms with van der Waals surface area (Å²) in [4.78, 5) is 21.2. The summed E-state index contributed by atoms with van der Waals surface area (Å²) < 4.78 is 0. The standard InChI is InChI=1S/C34H48N4O.3ClH/c1-24(2)22-38(23-25(3)4)21-11-19-32(37-31-18-9-14-28-15-10-20-35-33(28)31)34(39)36-26(5)29-17-8-13-27-12-6-7-16-30(27)29;;;/h6-8,10,12-13,15-17,20,24-26,31-32,37H,9,11,14,18-19,21-23H2,1-5H3,(H,36,39);3*1H/t26-,31?,32+;;;/m1.../s1. The van der Waals surface area contributed by atoms with E-state index in [0.717, 1.165) is 63.0 Å². The zero-order valence-electron chi connectivity index (χ0n) is 25.8. The zero-order chi connectivity index (χ0) is 27.8. The van der Waals surface area contributed by atoms with Crippen molar-refractivity contribution in [3.8, 4) is 0 Å². The number of amides is 1. The monoisotopic (exact) mass is 636 g/mol. The Labute approximate surface area is 272 Å². The molecule has 5 nitrogen and oxygen atoms in total. The van der Waals surface area contributed by atoms with Crippen LogP contribution in [-0.2, 0) is 11.2 Å². The van der Waals surface area contributed by atoms with Gasteiger partial charge in [0.15, 0.2) is 0 Å². The lowest BCUT2D eigenvalue weighted by atomic mass is 9.91. The van der Waals surface area contributed by atoms with E-state index in [0.29, 0.717) is 11.8 Å². The van der Waals surface area contributed by atoms with Gasteiger partial charge in [0, 0.05) is 19.3 Å². The summed E-state index contributed by atoms with van der Waals surface area (Å²) in [6, 6.07) is 18.7. The summed E-state index contributed by atoms with van der Waals surface area (Å²) in [6.45, 7) is 14.4. The number of nitrogens with zero attached hydrogens (tertiary/aromatic N) is 2. The van der Waals surface area contributed by atoms with Crippen LogP contribution in [0, 0.1) is 11.8 Å². The second kappa shape index (κ2) is 18.7. The second-order valence-corrected chi connectivity index (χ2v) is 12.2. The molecule has 4 rings (SSSR count). The topological polar surface area (TPSA) is 57.3 Å². The summed E-state index contributed by atoms with van der Waals surface area (Å²) in [5.41, 5.74) is 3.58. The molecule has 0 saturated carbocycles. The van der Waals surface area contributed by atoms with Gasteiger partial charge in [-0.25, -0.2) is 0 Å². The lowest BCUT2D eigenvalue weighted by Crippen LogP contribution is -2.47. The van der Waals surface area contributed by atoms with Gasteiger partial charge < -0.3 is 10.2 Å². The van der Waals surface area contributed by atoms with Crippen LogP contribution in [0.15, 0.2) is 60.8 Å². The van der Waals surface area contributed by atoms with Gasteiger partial charge >= 0.3 is 0 Å². The molecular formula is C34H51Cl3N4O. The highest BCUT2D eigenvalue weighted by Crippen LogP contribution is 2.29. The highest BCUT2D eigenvalue weighted by molar-refractivity contribution is 5.87. The first-order valence-electron chi connectivity index (χ1n) is 15.0. The maximum Gasteiger partial charge on any atom is 0.237 e. The number of carbonyl (C=O) groups excluding carboxylic acids is 1. The maximum absolute atomic E-state index is 13.9. The molecule has 0 bridgehead atoms. The molecule has 1 amide bonds. The highest BCUT2D eigenvalue weighted by Gasteiger charge is 2.28. The van der Waals surface area contributed by atoms with Gasteiger partial charge in [-0.1, -0.05) is 76.2 Å². The minimum atomic E-state index is -0.264. The van der Waals surface area contributed by atoms with Crippen LogP contribution in [0.2, 0.25) is 0 Å². The van der Waals surface area contributed by atoms with Crippen molar-refractivity contribution in [1.82, 2.24) is 20.5 Å². The molecule has 2 aromatic carbocycles. The van der Waals surface area contributed by atoms with E-state index >= 15 is 0 Å². The number of fused-ring (bicyclic) bond motifs is 2. The summed E-state index contributed by atoms with van der Waals surface area (Å²) in [7, 11) is 0. The van der Waals surface area contributed by atoms with Crippen LogP contribution in [0.5, 0.6) is 0 Å². The number of benzene rings is 2. The van der Waals surface area contributed by atoms with Gasteiger partial charge in [-0.3, -0.25) is 15.1 Å². The van der Waals surface area contributed by atoms with Gasteiger partial charge in [-0.05, 0) is 85.4 Å². The van der Waals surface area contributed by atoms with Crippen LogP contribution in [0.3, 0.4) is 0 Å². The molecular weight excluding hydrogens is 587 g/mol. The molecule has 2 N–H and O–H groups in total. The molecule has 1 heterocycles. The number of rotatable bonds is 13. The van der Waals surface area contributed by atoms with Gasteiger partial charge in [0.2, 0.25) is 5.91 Å². The lowest BCUT2D eigenvalue weighted by molar-refractivity contribution is -0.124. The normalized spacial score (nSPS) is 15.8. The third kappa shape index (κ3) is 10.7. The van der Waals surface area contributed by atoms with Crippen molar-refractivity contribution in [2.24, 2.45) is 11.8 Å². The Kier molecular flexibility index (Phi) is 17.0. The Morgan fingerprint density at radius 2 is 1.62 bits per heavy atom. The van der Waals surface area contributed by atoms with Crippen molar-refractivity contribution in [1.29, 1.82) is 0 Å². The lowest BCUT2D eigenvalue weighted by Gasteiger charge is -2.31. The molecule has 42 heavy (non-hydrogen) atoms. The average Bonchev–Trinajstić information content (AvgIpc) is 2.91.